The Bertz CT molecular complexity index is 829. The standard InChI is InChI=1S/C29H41F3O/c1-6-7-8-9-10-11-15-27(28(33,21(2)3)22(4)5)24-18-16-23(17-19-24)25-13-12-14-26(20-25)29(30,31)32/h12-14,16-22,27,33H,6-11,15H2,1-5H3. The van der Waals surface area contributed by atoms with E-state index in [0.717, 1.165) is 36.5 Å². The van der Waals surface area contributed by atoms with E-state index in [2.05, 4.69) is 34.6 Å². The number of benzene rings is 2. The zero-order valence-corrected chi connectivity index (χ0v) is 20.9. The minimum absolute atomic E-state index is 0.0146. The molecule has 0 saturated heterocycles. The molecule has 2 rings (SSSR count). The fourth-order valence-electron chi connectivity index (χ4n) is 5.05. The Morgan fingerprint density at radius 1 is 0.758 bits per heavy atom. The predicted molar refractivity (Wildman–Crippen MR) is 132 cm³/mol. The quantitative estimate of drug-likeness (QED) is 0.312. The molecule has 0 aliphatic heterocycles. The lowest BCUT2D eigenvalue weighted by Crippen LogP contribution is -2.46. The van der Waals surface area contributed by atoms with Crippen LogP contribution in [-0.2, 0) is 6.18 Å². The van der Waals surface area contributed by atoms with Gasteiger partial charge in [0, 0.05) is 5.92 Å². The Balaban J connectivity index is 2.29. The SMILES string of the molecule is CCCCCCCCC(c1ccc(-c2cccc(C(F)(F)F)c2)cc1)C(O)(C(C)C)C(C)C. The Labute approximate surface area is 198 Å². The Hall–Kier alpha value is -1.81. The Kier molecular flexibility index (Phi) is 10.0. The highest BCUT2D eigenvalue weighted by Gasteiger charge is 2.42. The molecule has 1 unspecified atom stereocenters. The first-order valence-electron chi connectivity index (χ1n) is 12.5. The molecule has 0 fully saturated rings. The van der Waals surface area contributed by atoms with Crippen LogP contribution >= 0.6 is 0 Å². The summed E-state index contributed by atoms with van der Waals surface area (Å²) in [6.45, 7) is 10.5. The molecule has 33 heavy (non-hydrogen) atoms. The maximum absolute atomic E-state index is 13.1. The molecule has 0 saturated carbocycles. The van der Waals surface area contributed by atoms with Crippen LogP contribution in [0.15, 0.2) is 48.5 Å². The minimum Gasteiger partial charge on any atom is -0.389 e. The van der Waals surface area contributed by atoms with E-state index in [4.69, 9.17) is 0 Å². The second kappa shape index (κ2) is 12.1. The third kappa shape index (κ3) is 7.09. The summed E-state index contributed by atoms with van der Waals surface area (Å²) in [7, 11) is 0. The smallest absolute Gasteiger partial charge is 0.389 e. The van der Waals surface area contributed by atoms with Crippen molar-refractivity contribution in [2.45, 2.75) is 97.3 Å². The highest BCUT2D eigenvalue weighted by atomic mass is 19.4. The van der Waals surface area contributed by atoms with Crippen LogP contribution in [-0.4, -0.2) is 10.7 Å². The molecule has 0 aliphatic carbocycles. The van der Waals surface area contributed by atoms with Crippen LogP contribution in [0, 0.1) is 11.8 Å². The van der Waals surface area contributed by atoms with Gasteiger partial charge in [0.1, 0.15) is 0 Å². The van der Waals surface area contributed by atoms with Crippen molar-refractivity contribution in [3.63, 3.8) is 0 Å². The van der Waals surface area contributed by atoms with Gasteiger partial charge in [-0.3, -0.25) is 0 Å². The first-order valence-corrected chi connectivity index (χ1v) is 12.5. The third-order valence-electron chi connectivity index (χ3n) is 7.09. The van der Waals surface area contributed by atoms with Crippen LogP contribution < -0.4 is 0 Å². The van der Waals surface area contributed by atoms with E-state index in [0.29, 0.717) is 5.56 Å². The van der Waals surface area contributed by atoms with Crippen molar-refractivity contribution >= 4 is 0 Å². The molecule has 2 aromatic carbocycles. The second-order valence-corrected chi connectivity index (χ2v) is 10.0. The lowest BCUT2D eigenvalue weighted by Gasteiger charge is -2.43. The van der Waals surface area contributed by atoms with E-state index in [1.807, 2.05) is 24.3 Å². The van der Waals surface area contributed by atoms with Gasteiger partial charge in [-0.05, 0) is 47.1 Å². The van der Waals surface area contributed by atoms with Crippen molar-refractivity contribution < 1.29 is 18.3 Å². The van der Waals surface area contributed by atoms with Gasteiger partial charge in [0.15, 0.2) is 0 Å². The fraction of sp³-hybridized carbons (Fsp3) is 0.586. The Morgan fingerprint density at radius 2 is 1.33 bits per heavy atom. The first kappa shape index (κ1) is 27.4. The highest BCUT2D eigenvalue weighted by molar-refractivity contribution is 5.64. The minimum atomic E-state index is -4.36. The van der Waals surface area contributed by atoms with Gasteiger partial charge in [-0.25, -0.2) is 0 Å². The molecule has 1 atom stereocenters. The Morgan fingerprint density at radius 3 is 1.88 bits per heavy atom. The van der Waals surface area contributed by atoms with E-state index in [1.165, 1.54) is 37.8 Å². The van der Waals surface area contributed by atoms with Crippen molar-refractivity contribution in [2.24, 2.45) is 11.8 Å². The normalized spacial score (nSPS) is 13.7. The fourth-order valence-corrected chi connectivity index (χ4v) is 5.05. The average molecular weight is 463 g/mol. The first-order chi connectivity index (χ1) is 15.5. The van der Waals surface area contributed by atoms with Gasteiger partial charge in [-0.1, -0.05) is 110 Å². The summed E-state index contributed by atoms with van der Waals surface area (Å²) in [4.78, 5) is 0. The molecule has 0 heterocycles. The van der Waals surface area contributed by atoms with Crippen LogP contribution in [0.25, 0.3) is 11.1 Å². The zero-order chi connectivity index (χ0) is 24.6. The molecule has 0 aliphatic rings. The molecule has 0 aromatic heterocycles. The van der Waals surface area contributed by atoms with Crippen LogP contribution in [0.3, 0.4) is 0 Å². The van der Waals surface area contributed by atoms with E-state index in [-0.39, 0.29) is 17.8 Å². The number of hydrogen-bond donors (Lipinski definition) is 1. The van der Waals surface area contributed by atoms with Gasteiger partial charge in [-0.2, -0.15) is 13.2 Å². The van der Waals surface area contributed by atoms with Gasteiger partial charge in [0.25, 0.3) is 0 Å². The molecule has 0 radical (unpaired) electrons. The molecular weight excluding hydrogens is 421 g/mol. The summed E-state index contributed by atoms with van der Waals surface area (Å²) in [5, 5.41) is 11.8. The molecule has 184 valence electrons. The van der Waals surface area contributed by atoms with Gasteiger partial charge in [0.2, 0.25) is 0 Å². The summed E-state index contributed by atoms with van der Waals surface area (Å²) in [5.41, 5.74) is 0.872. The van der Waals surface area contributed by atoms with E-state index in [9.17, 15) is 18.3 Å². The predicted octanol–water partition coefficient (Wildman–Crippen LogP) is 9.25. The molecule has 1 nitrogen and oxygen atoms in total. The largest absolute Gasteiger partial charge is 0.416 e. The molecule has 4 heteroatoms. The van der Waals surface area contributed by atoms with E-state index >= 15 is 0 Å². The maximum atomic E-state index is 13.1. The monoisotopic (exact) mass is 462 g/mol. The number of alkyl halides is 3. The summed E-state index contributed by atoms with van der Waals surface area (Å²) < 4.78 is 39.4. The van der Waals surface area contributed by atoms with Crippen LogP contribution in [0.2, 0.25) is 0 Å². The van der Waals surface area contributed by atoms with Gasteiger partial charge in [-0.15, -0.1) is 0 Å². The van der Waals surface area contributed by atoms with Crippen LogP contribution in [0.4, 0.5) is 13.2 Å². The summed E-state index contributed by atoms with van der Waals surface area (Å²) in [5.74, 6) is 0.163. The van der Waals surface area contributed by atoms with E-state index in [1.54, 1.807) is 6.07 Å². The van der Waals surface area contributed by atoms with Gasteiger partial charge < -0.3 is 5.11 Å². The highest BCUT2D eigenvalue weighted by Crippen LogP contribution is 2.43. The molecular formula is C29H41F3O. The number of halogens is 3. The average Bonchev–Trinajstić information content (AvgIpc) is 2.77. The number of unbranched alkanes of at least 4 members (excludes halogenated alkanes) is 5. The summed E-state index contributed by atoms with van der Waals surface area (Å²) in [6, 6.07) is 13.2. The topological polar surface area (TPSA) is 20.2 Å². The lowest BCUT2D eigenvalue weighted by atomic mass is 9.67. The number of aliphatic hydroxyl groups is 1. The number of rotatable bonds is 12. The van der Waals surface area contributed by atoms with E-state index < -0.39 is 17.3 Å². The van der Waals surface area contributed by atoms with Crippen molar-refractivity contribution in [1.82, 2.24) is 0 Å². The molecule has 0 spiro atoms. The van der Waals surface area contributed by atoms with Gasteiger partial charge in [0.05, 0.1) is 11.2 Å². The second-order valence-electron chi connectivity index (χ2n) is 10.0. The van der Waals surface area contributed by atoms with Gasteiger partial charge >= 0.3 is 6.18 Å². The van der Waals surface area contributed by atoms with Crippen LogP contribution in [0.5, 0.6) is 0 Å². The lowest BCUT2D eigenvalue weighted by molar-refractivity contribution is -0.137. The van der Waals surface area contributed by atoms with Crippen molar-refractivity contribution in [3.05, 3.63) is 59.7 Å². The molecule has 2 aromatic rings. The van der Waals surface area contributed by atoms with Crippen molar-refractivity contribution in [1.29, 1.82) is 0 Å². The molecule has 1 N–H and O–H groups in total. The molecule has 0 bridgehead atoms. The third-order valence-corrected chi connectivity index (χ3v) is 7.09. The molecule has 0 amide bonds. The number of hydrogen-bond acceptors (Lipinski definition) is 1. The van der Waals surface area contributed by atoms with Crippen molar-refractivity contribution in [2.75, 3.05) is 0 Å². The van der Waals surface area contributed by atoms with Crippen LogP contribution in [0.1, 0.15) is 96.6 Å². The summed E-state index contributed by atoms with van der Waals surface area (Å²) in [6.07, 6.45) is 3.73. The van der Waals surface area contributed by atoms with Crippen molar-refractivity contribution in [3.8, 4) is 11.1 Å². The maximum Gasteiger partial charge on any atom is 0.416 e. The zero-order valence-electron chi connectivity index (χ0n) is 20.9. The summed E-state index contributed by atoms with van der Waals surface area (Å²) >= 11 is 0.